The molecule has 3 N–H and O–H groups in total. The van der Waals surface area contributed by atoms with Crippen molar-refractivity contribution in [3.8, 4) is 0 Å². The minimum Gasteiger partial charge on any atom is -0.392 e. The number of carbonyl (C=O) groups is 1. The second-order valence-corrected chi connectivity index (χ2v) is 6.31. The topological polar surface area (TPSA) is 95.5 Å². The van der Waals surface area contributed by atoms with Gasteiger partial charge in [-0.25, -0.2) is 8.42 Å². The van der Waals surface area contributed by atoms with Crippen LogP contribution in [0.15, 0.2) is 53.4 Å². The maximum atomic E-state index is 12.3. The smallest absolute Gasteiger partial charge is 0.261 e. The normalized spacial score (nSPS) is 11.0. The third-order valence-electron chi connectivity index (χ3n) is 2.92. The number of hydrogen-bond acceptors (Lipinski definition) is 4. The second kappa shape index (κ2) is 6.59. The van der Waals surface area contributed by atoms with Gasteiger partial charge in [0.25, 0.3) is 10.0 Å². The molecule has 0 saturated heterocycles. The Kier molecular flexibility index (Phi) is 4.79. The van der Waals surface area contributed by atoms with Crippen molar-refractivity contribution >= 4 is 27.3 Å². The first-order valence-corrected chi connectivity index (χ1v) is 8.00. The van der Waals surface area contributed by atoms with Gasteiger partial charge in [-0.05, 0) is 30.3 Å². The van der Waals surface area contributed by atoms with E-state index in [1.807, 2.05) is 0 Å². The molecule has 0 unspecified atom stereocenters. The van der Waals surface area contributed by atoms with Crippen LogP contribution in [0.2, 0.25) is 0 Å². The summed E-state index contributed by atoms with van der Waals surface area (Å²) >= 11 is 0. The number of sulfonamides is 1. The van der Waals surface area contributed by atoms with Crippen molar-refractivity contribution in [2.24, 2.45) is 0 Å². The van der Waals surface area contributed by atoms with Gasteiger partial charge in [0.15, 0.2) is 0 Å². The van der Waals surface area contributed by atoms with Crippen molar-refractivity contribution in [2.75, 3.05) is 10.0 Å². The quantitative estimate of drug-likeness (QED) is 0.784. The summed E-state index contributed by atoms with van der Waals surface area (Å²) in [6, 6.07) is 12.4. The number of aliphatic hydroxyl groups is 1. The molecule has 0 saturated carbocycles. The van der Waals surface area contributed by atoms with E-state index in [1.165, 1.54) is 31.2 Å². The predicted octanol–water partition coefficient (Wildman–Crippen LogP) is 1.94. The maximum absolute atomic E-state index is 12.3. The van der Waals surface area contributed by atoms with Gasteiger partial charge in [-0.3, -0.25) is 9.52 Å². The molecular formula is C15H16N2O4S. The highest BCUT2D eigenvalue weighted by molar-refractivity contribution is 7.92. The number of hydrogen-bond donors (Lipinski definition) is 3. The molecule has 0 heterocycles. The number of para-hydroxylation sites is 1. The molecule has 0 aliphatic rings. The van der Waals surface area contributed by atoms with Gasteiger partial charge in [0.2, 0.25) is 5.91 Å². The summed E-state index contributed by atoms with van der Waals surface area (Å²) < 4.78 is 27.1. The van der Waals surface area contributed by atoms with Gasteiger partial charge in [-0.2, -0.15) is 0 Å². The van der Waals surface area contributed by atoms with E-state index < -0.39 is 10.0 Å². The van der Waals surface area contributed by atoms with Gasteiger partial charge < -0.3 is 10.4 Å². The van der Waals surface area contributed by atoms with Crippen molar-refractivity contribution in [1.82, 2.24) is 0 Å². The molecule has 116 valence electrons. The molecule has 0 aliphatic carbocycles. The summed E-state index contributed by atoms with van der Waals surface area (Å²) in [6.07, 6.45) is 0. The van der Waals surface area contributed by atoms with E-state index in [1.54, 1.807) is 24.3 Å². The van der Waals surface area contributed by atoms with Gasteiger partial charge in [0, 0.05) is 18.2 Å². The number of rotatable bonds is 5. The molecule has 0 spiro atoms. The maximum Gasteiger partial charge on any atom is 0.261 e. The van der Waals surface area contributed by atoms with Crippen molar-refractivity contribution < 1.29 is 18.3 Å². The molecule has 0 bridgehead atoms. The first kappa shape index (κ1) is 16.0. The fourth-order valence-corrected chi connectivity index (χ4v) is 2.98. The third-order valence-corrected chi connectivity index (χ3v) is 4.30. The Labute approximate surface area is 128 Å². The zero-order valence-corrected chi connectivity index (χ0v) is 12.7. The first-order chi connectivity index (χ1) is 10.4. The third kappa shape index (κ3) is 3.84. The van der Waals surface area contributed by atoms with Crippen LogP contribution >= 0.6 is 0 Å². The van der Waals surface area contributed by atoms with E-state index in [0.717, 1.165) is 0 Å². The lowest BCUT2D eigenvalue weighted by Gasteiger charge is -2.11. The molecule has 2 aromatic carbocycles. The molecule has 2 rings (SSSR count). The van der Waals surface area contributed by atoms with Gasteiger partial charge >= 0.3 is 0 Å². The number of amides is 1. The average molecular weight is 320 g/mol. The van der Waals surface area contributed by atoms with Crippen LogP contribution in [-0.4, -0.2) is 19.4 Å². The van der Waals surface area contributed by atoms with Crippen molar-refractivity contribution in [1.29, 1.82) is 0 Å². The lowest BCUT2D eigenvalue weighted by Crippen LogP contribution is -2.14. The Morgan fingerprint density at radius 2 is 1.73 bits per heavy atom. The monoisotopic (exact) mass is 320 g/mol. The van der Waals surface area contributed by atoms with Gasteiger partial charge in [0.05, 0.1) is 17.2 Å². The van der Waals surface area contributed by atoms with Crippen molar-refractivity contribution in [3.05, 3.63) is 54.1 Å². The molecule has 0 aromatic heterocycles. The lowest BCUT2D eigenvalue weighted by atomic mass is 10.2. The van der Waals surface area contributed by atoms with Crippen LogP contribution in [0.3, 0.4) is 0 Å². The van der Waals surface area contributed by atoms with Crippen LogP contribution in [0.25, 0.3) is 0 Å². The number of benzene rings is 2. The second-order valence-electron chi connectivity index (χ2n) is 4.63. The van der Waals surface area contributed by atoms with E-state index in [2.05, 4.69) is 10.0 Å². The minimum absolute atomic E-state index is 0.0642. The molecule has 7 heteroatoms. The van der Waals surface area contributed by atoms with Crippen LogP contribution in [0.5, 0.6) is 0 Å². The van der Waals surface area contributed by atoms with E-state index in [0.29, 0.717) is 16.9 Å². The molecule has 22 heavy (non-hydrogen) atoms. The zero-order chi connectivity index (χ0) is 16.2. The Balaban J connectivity index is 2.25. The molecule has 0 radical (unpaired) electrons. The van der Waals surface area contributed by atoms with Crippen molar-refractivity contribution in [3.63, 3.8) is 0 Å². The van der Waals surface area contributed by atoms with Crippen LogP contribution in [-0.2, 0) is 21.4 Å². The molecule has 0 aliphatic heterocycles. The van der Waals surface area contributed by atoms with E-state index in [9.17, 15) is 18.3 Å². The van der Waals surface area contributed by atoms with Crippen molar-refractivity contribution in [2.45, 2.75) is 18.4 Å². The number of aliphatic hydroxyl groups excluding tert-OH is 1. The van der Waals surface area contributed by atoms with Crippen LogP contribution in [0.1, 0.15) is 12.5 Å². The average Bonchev–Trinajstić information content (AvgIpc) is 2.47. The van der Waals surface area contributed by atoms with Gasteiger partial charge in [0.1, 0.15) is 0 Å². The summed E-state index contributed by atoms with van der Waals surface area (Å²) in [4.78, 5) is 11.0. The Morgan fingerprint density at radius 3 is 2.32 bits per heavy atom. The standard InChI is InChI=1S/C15H16N2O4S/c1-11(19)16-13-6-8-14(9-7-13)22(20,21)17-15-5-3-2-4-12(15)10-18/h2-9,17-18H,10H2,1H3,(H,16,19). The van der Waals surface area contributed by atoms with Crippen LogP contribution in [0, 0.1) is 0 Å². The predicted molar refractivity (Wildman–Crippen MR) is 83.9 cm³/mol. The SMILES string of the molecule is CC(=O)Nc1ccc(S(=O)(=O)Nc2ccccc2CO)cc1. The van der Waals surface area contributed by atoms with E-state index in [-0.39, 0.29) is 17.4 Å². The number of carbonyl (C=O) groups excluding carboxylic acids is 1. The molecule has 2 aromatic rings. The lowest BCUT2D eigenvalue weighted by molar-refractivity contribution is -0.114. The summed E-state index contributed by atoms with van der Waals surface area (Å²) in [6.45, 7) is 1.11. The zero-order valence-electron chi connectivity index (χ0n) is 11.9. The fraction of sp³-hybridized carbons (Fsp3) is 0.133. The van der Waals surface area contributed by atoms with Gasteiger partial charge in [-0.1, -0.05) is 18.2 Å². The highest BCUT2D eigenvalue weighted by Gasteiger charge is 2.15. The molecule has 0 fully saturated rings. The van der Waals surface area contributed by atoms with Crippen LogP contribution < -0.4 is 10.0 Å². The molecule has 6 nitrogen and oxygen atoms in total. The number of anilines is 2. The molecular weight excluding hydrogens is 304 g/mol. The first-order valence-electron chi connectivity index (χ1n) is 6.51. The largest absolute Gasteiger partial charge is 0.392 e. The Bertz CT molecular complexity index is 770. The summed E-state index contributed by atoms with van der Waals surface area (Å²) in [5.74, 6) is -0.231. The minimum atomic E-state index is -3.76. The summed E-state index contributed by atoms with van der Waals surface area (Å²) in [5, 5.41) is 11.8. The molecule has 0 atom stereocenters. The molecule has 1 amide bonds. The Hall–Kier alpha value is -2.38. The van der Waals surface area contributed by atoms with E-state index >= 15 is 0 Å². The summed E-state index contributed by atoms with van der Waals surface area (Å²) in [7, 11) is -3.76. The summed E-state index contributed by atoms with van der Waals surface area (Å²) in [5.41, 5.74) is 1.33. The highest BCUT2D eigenvalue weighted by Crippen LogP contribution is 2.21. The highest BCUT2D eigenvalue weighted by atomic mass is 32.2. The van der Waals surface area contributed by atoms with Gasteiger partial charge in [-0.15, -0.1) is 0 Å². The van der Waals surface area contributed by atoms with E-state index in [4.69, 9.17) is 0 Å². The number of nitrogens with one attached hydrogen (secondary N) is 2. The van der Waals surface area contributed by atoms with Crippen LogP contribution in [0.4, 0.5) is 11.4 Å². The fourth-order valence-electron chi connectivity index (χ4n) is 1.88. The Morgan fingerprint density at radius 1 is 1.09 bits per heavy atom.